The molecule has 4 saturated heterocycles. The SMILES string of the molecule is S=C(NCC1CC2CCN1CC2CN1CCN(c2ccccc2)CC1)Nc1ccc(-n2cccn2)cc1. The van der Waals surface area contributed by atoms with Crippen LogP contribution in [0, 0.1) is 11.8 Å². The zero-order valence-corrected chi connectivity index (χ0v) is 22.2. The Labute approximate surface area is 225 Å². The fourth-order valence-corrected chi connectivity index (χ4v) is 6.53. The van der Waals surface area contributed by atoms with Gasteiger partial charge in [-0.2, -0.15) is 5.10 Å². The molecule has 8 heteroatoms. The van der Waals surface area contributed by atoms with E-state index in [2.05, 4.69) is 60.8 Å². The number of benzene rings is 2. The number of aromatic nitrogens is 2. The number of fused-ring (bicyclic) bond motifs is 3. The third-order valence-electron chi connectivity index (χ3n) is 8.39. The summed E-state index contributed by atoms with van der Waals surface area (Å²) in [4.78, 5) is 7.94. The van der Waals surface area contributed by atoms with Crippen LogP contribution in [0.4, 0.5) is 11.4 Å². The van der Waals surface area contributed by atoms with Crippen molar-refractivity contribution in [2.45, 2.75) is 18.9 Å². The molecule has 0 spiro atoms. The fraction of sp³-hybridized carbons (Fsp3) is 0.448. The Morgan fingerprint density at radius 1 is 0.919 bits per heavy atom. The number of hydrogen-bond donors (Lipinski definition) is 2. The van der Waals surface area contributed by atoms with E-state index in [1.165, 1.54) is 51.3 Å². The summed E-state index contributed by atoms with van der Waals surface area (Å²) in [6.45, 7) is 9.23. The second-order valence-corrected chi connectivity index (χ2v) is 11.1. The Morgan fingerprint density at radius 3 is 2.43 bits per heavy atom. The van der Waals surface area contributed by atoms with Gasteiger partial charge in [0.1, 0.15) is 0 Å². The maximum Gasteiger partial charge on any atom is 0.170 e. The van der Waals surface area contributed by atoms with Gasteiger partial charge in [0.25, 0.3) is 0 Å². The van der Waals surface area contributed by atoms with Gasteiger partial charge < -0.3 is 15.5 Å². The second-order valence-electron chi connectivity index (χ2n) is 10.6. The van der Waals surface area contributed by atoms with E-state index in [0.717, 1.165) is 42.8 Å². The normalized spacial score (nSPS) is 25.7. The van der Waals surface area contributed by atoms with Crippen molar-refractivity contribution < 1.29 is 0 Å². The van der Waals surface area contributed by atoms with Gasteiger partial charge in [0.05, 0.1) is 5.69 Å². The molecule has 2 bridgehead atoms. The Balaban J connectivity index is 0.939. The van der Waals surface area contributed by atoms with E-state index in [1.807, 2.05) is 41.2 Å². The van der Waals surface area contributed by atoms with Crippen molar-refractivity contribution in [2.75, 3.05) is 62.6 Å². The zero-order chi connectivity index (χ0) is 25.0. The maximum atomic E-state index is 5.61. The number of thiocarbonyl (C=S) groups is 1. The van der Waals surface area contributed by atoms with Crippen LogP contribution in [0.2, 0.25) is 0 Å². The fourth-order valence-electron chi connectivity index (χ4n) is 6.33. The lowest BCUT2D eigenvalue weighted by atomic mass is 9.75. The van der Waals surface area contributed by atoms with E-state index in [-0.39, 0.29) is 0 Å². The Morgan fingerprint density at radius 2 is 1.73 bits per heavy atom. The average molecular weight is 516 g/mol. The van der Waals surface area contributed by atoms with Gasteiger partial charge >= 0.3 is 0 Å². The Bertz CT molecular complexity index is 1140. The molecule has 0 amide bonds. The van der Waals surface area contributed by atoms with Crippen LogP contribution in [-0.4, -0.2) is 83.1 Å². The van der Waals surface area contributed by atoms with Crippen molar-refractivity contribution in [2.24, 2.45) is 11.8 Å². The minimum Gasteiger partial charge on any atom is -0.369 e. The number of hydrogen-bond acceptors (Lipinski definition) is 5. The highest BCUT2D eigenvalue weighted by Crippen LogP contribution is 2.36. The van der Waals surface area contributed by atoms with Crippen molar-refractivity contribution in [1.82, 2.24) is 24.9 Å². The molecule has 37 heavy (non-hydrogen) atoms. The monoisotopic (exact) mass is 515 g/mol. The number of piperidine rings is 3. The average Bonchev–Trinajstić information content (AvgIpc) is 3.49. The minimum atomic E-state index is 0.576. The highest BCUT2D eigenvalue weighted by Gasteiger charge is 2.40. The molecule has 194 valence electrons. The van der Waals surface area contributed by atoms with Crippen molar-refractivity contribution in [1.29, 1.82) is 0 Å². The van der Waals surface area contributed by atoms with Gasteiger partial charge in [0.2, 0.25) is 0 Å². The lowest BCUT2D eigenvalue weighted by Crippen LogP contribution is -2.59. The van der Waals surface area contributed by atoms with Gasteiger partial charge in [-0.15, -0.1) is 0 Å². The lowest BCUT2D eigenvalue weighted by molar-refractivity contribution is -0.0110. The second kappa shape index (κ2) is 11.2. The summed E-state index contributed by atoms with van der Waals surface area (Å²) in [5.74, 6) is 1.63. The number of piperazine rings is 1. The zero-order valence-electron chi connectivity index (χ0n) is 21.4. The first-order chi connectivity index (χ1) is 18.2. The van der Waals surface area contributed by atoms with E-state index in [1.54, 1.807) is 6.20 Å². The molecule has 7 rings (SSSR count). The molecule has 4 aliphatic rings. The quantitative estimate of drug-likeness (QED) is 0.466. The molecule has 5 heterocycles. The molecule has 0 radical (unpaired) electrons. The lowest BCUT2D eigenvalue weighted by Gasteiger charge is -2.51. The van der Waals surface area contributed by atoms with Crippen LogP contribution in [0.1, 0.15) is 12.8 Å². The molecule has 2 aromatic carbocycles. The summed E-state index contributed by atoms with van der Waals surface area (Å²) in [7, 11) is 0. The summed E-state index contributed by atoms with van der Waals surface area (Å²) in [5.41, 5.74) is 3.39. The van der Waals surface area contributed by atoms with Crippen LogP contribution in [0.25, 0.3) is 5.69 Å². The van der Waals surface area contributed by atoms with Crippen molar-refractivity contribution >= 4 is 28.7 Å². The van der Waals surface area contributed by atoms with E-state index >= 15 is 0 Å². The topological polar surface area (TPSA) is 51.6 Å². The summed E-state index contributed by atoms with van der Waals surface area (Å²) >= 11 is 5.61. The van der Waals surface area contributed by atoms with E-state index < -0.39 is 0 Å². The number of nitrogens with one attached hydrogen (secondary N) is 2. The molecule has 0 saturated carbocycles. The van der Waals surface area contributed by atoms with Crippen LogP contribution in [0.5, 0.6) is 0 Å². The molecule has 3 aromatic rings. The maximum absolute atomic E-state index is 5.61. The highest BCUT2D eigenvalue weighted by molar-refractivity contribution is 7.80. The first kappa shape index (κ1) is 24.4. The van der Waals surface area contributed by atoms with Crippen LogP contribution >= 0.6 is 12.2 Å². The van der Waals surface area contributed by atoms with Crippen LogP contribution in [-0.2, 0) is 0 Å². The Kier molecular flexibility index (Phi) is 7.39. The molecule has 4 atom stereocenters. The molecule has 1 aromatic heterocycles. The van der Waals surface area contributed by atoms with Crippen LogP contribution in [0.3, 0.4) is 0 Å². The van der Waals surface area contributed by atoms with Crippen molar-refractivity contribution in [3.63, 3.8) is 0 Å². The van der Waals surface area contributed by atoms with Gasteiger partial charge in [0, 0.05) is 75.6 Å². The molecular weight excluding hydrogens is 478 g/mol. The first-order valence-electron chi connectivity index (χ1n) is 13.6. The predicted molar refractivity (Wildman–Crippen MR) is 154 cm³/mol. The van der Waals surface area contributed by atoms with Gasteiger partial charge in [-0.25, -0.2) is 4.68 Å². The number of anilines is 2. The largest absolute Gasteiger partial charge is 0.369 e. The minimum absolute atomic E-state index is 0.576. The number of para-hydroxylation sites is 1. The van der Waals surface area contributed by atoms with Crippen molar-refractivity contribution in [3.8, 4) is 5.69 Å². The van der Waals surface area contributed by atoms with Crippen LogP contribution in [0.15, 0.2) is 73.1 Å². The summed E-state index contributed by atoms with van der Waals surface area (Å²) < 4.78 is 1.85. The molecule has 0 aliphatic carbocycles. The molecule has 4 fully saturated rings. The molecule has 7 nitrogen and oxygen atoms in total. The number of nitrogens with zero attached hydrogens (tertiary/aromatic N) is 5. The number of rotatable bonds is 7. The predicted octanol–water partition coefficient (Wildman–Crippen LogP) is 3.69. The van der Waals surface area contributed by atoms with Crippen LogP contribution < -0.4 is 15.5 Å². The molecular formula is C29H37N7S. The van der Waals surface area contributed by atoms with Crippen molar-refractivity contribution in [3.05, 3.63) is 73.1 Å². The summed E-state index contributed by atoms with van der Waals surface area (Å²) in [5, 5.41) is 11.8. The summed E-state index contributed by atoms with van der Waals surface area (Å²) in [6, 6.07) is 21.5. The van der Waals surface area contributed by atoms with Gasteiger partial charge in [0.15, 0.2) is 5.11 Å². The standard InChI is InChI=1S/C29H37N7S/c37-29(32-25-7-9-27(10-8-25)36-13-4-12-31-36)30-20-28-19-23-11-14-35(28)22-24(23)21-33-15-17-34(18-16-33)26-5-2-1-3-6-26/h1-10,12-13,23-24,28H,11,14-22H2,(H2,30,32,37). The molecule has 2 N–H and O–H groups in total. The highest BCUT2D eigenvalue weighted by atomic mass is 32.1. The third kappa shape index (κ3) is 5.81. The van der Waals surface area contributed by atoms with Gasteiger partial charge in [-0.1, -0.05) is 18.2 Å². The smallest absolute Gasteiger partial charge is 0.170 e. The first-order valence-corrected chi connectivity index (χ1v) is 14.0. The van der Waals surface area contributed by atoms with Gasteiger partial charge in [-0.3, -0.25) is 9.80 Å². The van der Waals surface area contributed by atoms with Gasteiger partial charge in [-0.05, 0) is 85.9 Å². The summed E-state index contributed by atoms with van der Waals surface area (Å²) in [6.07, 6.45) is 6.35. The Hall–Kier alpha value is -2.94. The van der Waals surface area contributed by atoms with E-state index in [0.29, 0.717) is 11.2 Å². The van der Waals surface area contributed by atoms with E-state index in [9.17, 15) is 0 Å². The molecule has 4 aliphatic heterocycles. The van der Waals surface area contributed by atoms with E-state index in [4.69, 9.17) is 12.2 Å². The molecule has 4 unspecified atom stereocenters. The third-order valence-corrected chi connectivity index (χ3v) is 8.64.